The van der Waals surface area contributed by atoms with Gasteiger partial charge in [-0.3, -0.25) is 0 Å². The van der Waals surface area contributed by atoms with Crippen LogP contribution in [-0.2, 0) is 16.6 Å². The zero-order valence-corrected chi connectivity index (χ0v) is 13.9. The SMILES string of the molecule is CSCCN(C)S(=O)(=O)c1ccc(CNC2CC2)cc1F. The maximum Gasteiger partial charge on any atom is 0.245 e. The van der Waals surface area contributed by atoms with Crippen LogP contribution in [0.2, 0.25) is 0 Å². The highest BCUT2D eigenvalue weighted by Crippen LogP contribution is 2.22. The third-order valence-corrected chi connectivity index (χ3v) is 5.95. The third-order valence-electron chi connectivity index (χ3n) is 3.47. The van der Waals surface area contributed by atoms with Gasteiger partial charge in [0.25, 0.3) is 0 Å². The molecule has 1 N–H and O–H groups in total. The second-order valence-corrected chi connectivity index (χ2v) is 8.24. The van der Waals surface area contributed by atoms with Crippen molar-refractivity contribution in [1.29, 1.82) is 0 Å². The Hall–Kier alpha value is -0.630. The smallest absolute Gasteiger partial charge is 0.245 e. The summed E-state index contributed by atoms with van der Waals surface area (Å²) < 4.78 is 39.9. The molecule has 118 valence electrons. The first-order valence-electron chi connectivity index (χ1n) is 6.92. The van der Waals surface area contributed by atoms with E-state index in [2.05, 4.69) is 5.32 Å². The molecule has 0 heterocycles. The molecule has 0 atom stereocenters. The van der Waals surface area contributed by atoms with Crippen LogP contribution in [0.5, 0.6) is 0 Å². The molecule has 0 radical (unpaired) electrons. The number of rotatable bonds is 8. The maximum atomic E-state index is 14.1. The van der Waals surface area contributed by atoms with Crippen molar-refractivity contribution >= 4 is 21.8 Å². The van der Waals surface area contributed by atoms with E-state index in [4.69, 9.17) is 0 Å². The molecule has 0 amide bonds. The Morgan fingerprint density at radius 2 is 2.14 bits per heavy atom. The summed E-state index contributed by atoms with van der Waals surface area (Å²) in [7, 11) is -2.27. The summed E-state index contributed by atoms with van der Waals surface area (Å²) in [6.45, 7) is 0.943. The number of hydrogen-bond donors (Lipinski definition) is 1. The van der Waals surface area contributed by atoms with Gasteiger partial charge < -0.3 is 5.32 Å². The Balaban J connectivity index is 2.10. The van der Waals surface area contributed by atoms with Crippen molar-refractivity contribution in [1.82, 2.24) is 9.62 Å². The third kappa shape index (κ3) is 4.42. The molecule has 21 heavy (non-hydrogen) atoms. The van der Waals surface area contributed by atoms with Crippen molar-refractivity contribution in [3.05, 3.63) is 29.6 Å². The second kappa shape index (κ2) is 7.09. The number of halogens is 1. The van der Waals surface area contributed by atoms with Gasteiger partial charge in [0.15, 0.2) is 0 Å². The average Bonchev–Trinajstić information content (AvgIpc) is 3.26. The van der Waals surface area contributed by atoms with E-state index in [0.717, 1.165) is 18.4 Å². The van der Waals surface area contributed by atoms with Crippen LogP contribution in [-0.4, -0.2) is 44.4 Å². The fourth-order valence-electron chi connectivity index (χ4n) is 1.92. The number of thioether (sulfide) groups is 1. The highest BCUT2D eigenvalue weighted by Gasteiger charge is 2.25. The first kappa shape index (κ1) is 16.7. The molecule has 4 nitrogen and oxygen atoms in total. The highest BCUT2D eigenvalue weighted by molar-refractivity contribution is 7.98. The lowest BCUT2D eigenvalue weighted by atomic mass is 10.2. The van der Waals surface area contributed by atoms with Crippen molar-refractivity contribution in [3.8, 4) is 0 Å². The van der Waals surface area contributed by atoms with Crippen molar-refractivity contribution in [2.75, 3.05) is 25.6 Å². The van der Waals surface area contributed by atoms with Crippen molar-refractivity contribution < 1.29 is 12.8 Å². The quantitative estimate of drug-likeness (QED) is 0.792. The van der Waals surface area contributed by atoms with Gasteiger partial charge in [-0.25, -0.2) is 17.1 Å². The molecule has 0 aromatic heterocycles. The average molecular weight is 332 g/mol. The minimum atomic E-state index is -3.75. The van der Waals surface area contributed by atoms with Gasteiger partial charge in [-0.2, -0.15) is 11.8 Å². The van der Waals surface area contributed by atoms with Crippen LogP contribution in [0.4, 0.5) is 4.39 Å². The Labute approximate surface area is 130 Å². The molecular weight excluding hydrogens is 311 g/mol. The van der Waals surface area contributed by atoms with Gasteiger partial charge in [0, 0.05) is 31.9 Å². The lowest BCUT2D eigenvalue weighted by molar-refractivity contribution is 0.479. The van der Waals surface area contributed by atoms with E-state index in [1.807, 2.05) is 6.26 Å². The zero-order chi connectivity index (χ0) is 15.5. The zero-order valence-electron chi connectivity index (χ0n) is 12.3. The first-order chi connectivity index (χ1) is 9.95. The Morgan fingerprint density at radius 1 is 1.43 bits per heavy atom. The normalized spacial score (nSPS) is 15.6. The topological polar surface area (TPSA) is 49.4 Å². The van der Waals surface area contributed by atoms with E-state index < -0.39 is 15.8 Å². The minimum absolute atomic E-state index is 0.249. The van der Waals surface area contributed by atoms with Crippen LogP contribution >= 0.6 is 11.8 Å². The summed E-state index contributed by atoms with van der Waals surface area (Å²) in [5.74, 6) is 0.00175. The number of hydrogen-bond acceptors (Lipinski definition) is 4. The standard InChI is InChI=1S/C14H21FN2O2S2/c1-17(7-8-20-2)21(18,19)14-6-3-11(9-13(14)15)10-16-12-4-5-12/h3,6,9,12,16H,4-5,7-8,10H2,1-2H3. The van der Waals surface area contributed by atoms with Gasteiger partial charge >= 0.3 is 0 Å². The van der Waals surface area contributed by atoms with E-state index in [0.29, 0.717) is 24.9 Å². The van der Waals surface area contributed by atoms with E-state index in [-0.39, 0.29) is 4.90 Å². The van der Waals surface area contributed by atoms with Gasteiger partial charge in [0.1, 0.15) is 10.7 Å². The van der Waals surface area contributed by atoms with Gasteiger partial charge in [-0.05, 0) is 36.8 Å². The van der Waals surface area contributed by atoms with E-state index in [1.165, 1.54) is 23.5 Å². The van der Waals surface area contributed by atoms with Crippen molar-refractivity contribution in [2.45, 2.75) is 30.3 Å². The Morgan fingerprint density at radius 3 is 2.71 bits per heavy atom. The lowest BCUT2D eigenvalue weighted by Crippen LogP contribution is -2.29. The molecule has 1 saturated carbocycles. The number of benzene rings is 1. The molecule has 0 saturated heterocycles. The molecule has 0 spiro atoms. The van der Waals surface area contributed by atoms with E-state index in [9.17, 15) is 12.8 Å². The Kier molecular flexibility index (Phi) is 5.65. The molecule has 1 aromatic carbocycles. The lowest BCUT2D eigenvalue weighted by Gasteiger charge is -2.17. The number of nitrogens with one attached hydrogen (secondary N) is 1. The summed E-state index contributed by atoms with van der Waals surface area (Å²) >= 11 is 1.55. The molecule has 2 rings (SSSR count). The Bertz CT molecular complexity index is 589. The molecule has 0 aliphatic heterocycles. The fraction of sp³-hybridized carbons (Fsp3) is 0.571. The molecule has 1 fully saturated rings. The molecule has 1 aliphatic carbocycles. The van der Waals surface area contributed by atoms with Gasteiger partial charge in [-0.1, -0.05) is 6.07 Å². The summed E-state index contributed by atoms with van der Waals surface area (Å²) in [6.07, 6.45) is 4.23. The molecule has 1 aliphatic rings. The van der Waals surface area contributed by atoms with Crippen molar-refractivity contribution in [3.63, 3.8) is 0 Å². The monoisotopic (exact) mass is 332 g/mol. The highest BCUT2D eigenvalue weighted by atomic mass is 32.2. The van der Waals surface area contributed by atoms with Gasteiger partial charge in [-0.15, -0.1) is 0 Å². The van der Waals surface area contributed by atoms with Gasteiger partial charge in [0.05, 0.1) is 0 Å². The summed E-state index contributed by atoms with van der Waals surface area (Å²) in [5.41, 5.74) is 0.769. The predicted molar refractivity (Wildman–Crippen MR) is 84.5 cm³/mol. The van der Waals surface area contributed by atoms with Crippen molar-refractivity contribution in [2.24, 2.45) is 0 Å². The predicted octanol–water partition coefficient (Wildman–Crippen LogP) is 2.06. The molecular formula is C14H21FN2O2S2. The summed E-state index contributed by atoms with van der Waals surface area (Å²) in [5, 5.41) is 3.28. The molecule has 7 heteroatoms. The summed E-state index contributed by atoms with van der Waals surface area (Å²) in [4.78, 5) is -0.249. The van der Waals surface area contributed by atoms with E-state index in [1.54, 1.807) is 17.8 Å². The fourth-order valence-corrected chi connectivity index (χ4v) is 3.71. The number of nitrogens with zero attached hydrogens (tertiary/aromatic N) is 1. The molecule has 0 unspecified atom stereocenters. The van der Waals surface area contributed by atoms with Crippen LogP contribution in [0.3, 0.4) is 0 Å². The van der Waals surface area contributed by atoms with Crippen LogP contribution in [0, 0.1) is 5.82 Å². The van der Waals surface area contributed by atoms with Crippen LogP contribution in [0.1, 0.15) is 18.4 Å². The summed E-state index contributed by atoms with van der Waals surface area (Å²) in [6, 6.07) is 4.89. The van der Waals surface area contributed by atoms with E-state index >= 15 is 0 Å². The number of sulfonamides is 1. The first-order valence-corrected chi connectivity index (χ1v) is 9.75. The maximum absolute atomic E-state index is 14.1. The largest absolute Gasteiger partial charge is 0.310 e. The molecule has 0 bridgehead atoms. The van der Waals surface area contributed by atoms with Crippen LogP contribution < -0.4 is 5.32 Å². The van der Waals surface area contributed by atoms with Crippen LogP contribution in [0.25, 0.3) is 0 Å². The molecule has 1 aromatic rings. The van der Waals surface area contributed by atoms with Crippen LogP contribution in [0.15, 0.2) is 23.1 Å². The van der Waals surface area contributed by atoms with Gasteiger partial charge in [0.2, 0.25) is 10.0 Å². The second-order valence-electron chi connectivity index (χ2n) is 5.24. The minimum Gasteiger partial charge on any atom is -0.310 e.